The van der Waals surface area contributed by atoms with Crippen molar-refractivity contribution in [2.75, 3.05) is 0 Å². The summed E-state index contributed by atoms with van der Waals surface area (Å²) < 4.78 is 8.45. The van der Waals surface area contributed by atoms with Crippen LogP contribution in [0, 0.1) is 4.77 Å². The molecule has 1 radical (unpaired) electrons. The fraction of sp³-hybridized carbons (Fsp3) is 0.308. The van der Waals surface area contributed by atoms with E-state index >= 15 is 0 Å². The topological polar surface area (TPSA) is 45.5 Å². The average Bonchev–Trinajstić information content (AvgIpc) is 3.13. The minimum atomic E-state index is -0.244. The van der Waals surface area contributed by atoms with E-state index in [4.69, 9.17) is 12.2 Å². The Morgan fingerprint density at radius 2 is 1.52 bits per heavy atom. The Kier molecular flexibility index (Phi) is 3.33. The van der Waals surface area contributed by atoms with E-state index in [2.05, 4.69) is 35.5 Å². The zero-order chi connectivity index (χ0) is 15.0. The fourth-order valence-electron chi connectivity index (χ4n) is 2.29. The van der Waals surface area contributed by atoms with Crippen LogP contribution in [0.25, 0.3) is 0 Å². The summed E-state index contributed by atoms with van der Waals surface area (Å²) in [5.41, 5.74) is -0.0683. The lowest BCUT2D eigenvalue weighted by molar-refractivity contribution is 0.390. The summed E-state index contributed by atoms with van der Waals surface area (Å²) in [7, 11) is -0.244. The molecule has 3 rings (SSSR count). The minimum Gasteiger partial charge on any atom is -0.481 e. The lowest BCUT2D eigenvalue weighted by atomic mass is 9.94. The van der Waals surface area contributed by atoms with Gasteiger partial charge >= 0.3 is 0 Å². The first-order chi connectivity index (χ1) is 9.98. The van der Waals surface area contributed by atoms with Gasteiger partial charge in [0.1, 0.15) is 4.77 Å². The number of aromatic nitrogens is 6. The van der Waals surface area contributed by atoms with E-state index in [-0.39, 0.29) is 12.7 Å². The molecular formula is C13H17BN6S-. The molecule has 0 N–H and O–H groups in total. The molecule has 0 aliphatic heterocycles. The van der Waals surface area contributed by atoms with Gasteiger partial charge in [-0.2, -0.15) is 0 Å². The molecule has 0 aliphatic rings. The smallest absolute Gasteiger partial charge is 0.244 e. The summed E-state index contributed by atoms with van der Waals surface area (Å²) in [5.74, 6) is 0. The van der Waals surface area contributed by atoms with Crippen LogP contribution in [0.3, 0.4) is 0 Å². The molecule has 6 nitrogen and oxygen atoms in total. The van der Waals surface area contributed by atoms with E-state index in [1.165, 1.54) is 0 Å². The van der Waals surface area contributed by atoms with Crippen molar-refractivity contribution in [3.05, 3.63) is 54.1 Å². The number of rotatable bonds is 3. The molecular weight excluding hydrogens is 283 g/mol. The van der Waals surface area contributed by atoms with Crippen LogP contribution < -0.4 is 0 Å². The first kappa shape index (κ1) is 13.9. The van der Waals surface area contributed by atoms with Crippen molar-refractivity contribution in [2.24, 2.45) is 0 Å². The van der Waals surface area contributed by atoms with Gasteiger partial charge in [0.15, 0.2) is 0 Å². The maximum atomic E-state index is 5.64. The van der Waals surface area contributed by atoms with Gasteiger partial charge in [0.2, 0.25) is 7.12 Å². The van der Waals surface area contributed by atoms with Crippen LogP contribution in [0.5, 0.6) is 0 Å². The number of imidazole rings is 1. The van der Waals surface area contributed by atoms with Crippen molar-refractivity contribution < 1.29 is 0 Å². The molecule has 109 valence electrons. The molecule has 0 unspecified atom stereocenters. The van der Waals surface area contributed by atoms with Gasteiger partial charge in [-0.15, -0.1) is 0 Å². The average molecular weight is 300 g/mol. The summed E-state index contributed by atoms with van der Waals surface area (Å²) in [6.07, 6.45) is 11.3. The van der Waals surface area contributed by atoms with Gasteiger partial charge in [-0.05, 0) is 63.7 Å². The summed E-state index contributed by atoms with van der Waals surface area (Å²) in [6.45, 7) is 6.39. The maximum Gasteiger partial charge on any atom is 0.244 e. The van der Waals surface area contributed by atoms with Gasteiger partial charge in [-0.25, -0.2) is 10.2 Å². The van der Waals surface area contributed by atoms with Gasteiger partial charge in [0.25, 0.3) is 0 Å². The van der Waals surface area contributed by atoms with Crippen LogP contribution in [0.1, 0.15) is 20.8 Å². The predicted molar refractivity (Wildman–Crippen MR) is 84.7 cm³/mol. The zero-order valence-electron chi connectivity index (χ0n) is 12.3. The highest BCUT2D eigenvalue weighted by molar-refractivity contribution is 7.71. The molecule has 3 aromatic heterocycles. The second kappa shape index (κ2) is 5.03. The highest BCUT2D eigenvalue weighted by Crippen LogP contribution is 2.15. The van der Waals surface area contributed by atoms with Crippen LogP contribution in [-0.4, -0.2) is 35.5 Å². The Hall–Kier alpha value is -2.09. The van der Waals surface area contributed by atoms with Gasteiger partial charge in [0.05, 0.1) is 0 Å². The minimum absolute atomic E-state index is 0.0683. The van der Waals surface area contributed by atoms with E-state index in [9.17, 15) is 0 Å². The SMILES string of the molecule is CC(C)(C)n1ccn([B-](n2cccn2)n2cccn2)c1=S. The number of nitrogens with zero attached hydrogens (tertiary/aromatic N) is 6. The second-order valence-electron chi connectivity index (χ2n) is 5.85. The lowest BCUT2D eigenvalue weighted by Crippen LogP contribution is -2.42. The van der Waals surface area contributed by atoms with Crippen molar-refractivity contribution in [1.29, 1.82) is 0 Å². The highest BCUT2D eigenvalue weighted by Gasteiger charge is 2.16. The van der Waals surface area contributed by atoms with E-state index in [1.54, 1.807) is 12.4 Å². The largest absolute Gasteiger partial charge is 0.481 e. The maximum absolute atomic E-state index is 5.64. The summed E-state index contributed by atoms with van der Waals surface area (Å²) in [4.78, 5) is 0. The third kappa shape index (κ3) is 2.46. The van der Waals surface area contributed by atoms with Crippen LogP contribution in [0.15, 0.2) is 49.3 Å². The number of hydrogen-bond acceptors (Lipinski definition) is 3. The molecule has 0 saturated heterocycles. The molecule has 0 bridgehead atoms. The van der Waals surface area contributed by atoms with Crippen LogP contribution in [-0.2, 0) is 5.54 Å². The van der Waals surface area contributed by atoms with Crippen molar-refractivity contribution in [3.8, 4) is 0 Å². The van der Waals surface area contributed by atoms with Gasteiger partial charge in [0, 0.05) is 24.1 Å². The van der Waals surface area contributed by atoms with Crippen molar-refractivity contribution in [2.45, 2.75) is 26.3 Å². The fourth-order valence-corrected chi connectivity index (χ4v) is 2.78. The molecule has 3 aromatic rings. The molecule has 0 spiro atoms. The van der Waals surface area contributed by atoms with E-state index < -0.39 is 0 Å². The molecule has 8 heteroatoms. The Labute approximate surface area is 128 Å². The molecule has 0 aliphatic carbocycles. The van der Waals surface area contributed by atoms with E-state index in [1.807, 2.05) is 50.6 Å². The van der Waals surface area contributed by atoms with Crippen molar-refractivity contribution in [1.82, 2.24) is 28.4 Å². The lowest BCUT2D eigenvalue weighted by Gasteiger charge is -2.31. The highest BCUT2D eigenvalue weighted by atomic mass is 32.1. The van der Waals surface area contributed by atoms with Crippen LogP contribution in [0.4, 0.5) is 0 Å². The molecule has 0 fully saturated rings. The molecule has 3 heterocycles. The van der Waals surface area contributed by atoms with Crippen molar-refractivity contribution in [3.63, 3.8) is 0 Å². The summed E-state index contributed by atoms with van der Waals surface area (Å²) in [5, 5.41) is 8.68. The van der Waals surface area contributed by atoms with Gasteiger partial charge < -0.3 is 18.2 Å². The Bertz CT molecular complexity index is 728. The zero-order valence-corrected chi connectivity index (χ0v) is 13.1. The van der Waals surface area contributed by atoms with E-state index in [0.29, 0.717) is 0 Å². The summed E-state index contributed by atoms with van der Waals surface area (Å²) in [6, 6.07) is 3.78. The monoisotopic (exact) mass is 300 g/mol. The molecule has 0 aromatic carbocycles. The molecule has 0 atom stereocenters. The second-order valence-corrected chi connectivity index (χ2v) is 6.21. The van der Waals surface area contributed by atoms with Crippen molar-refractivity contribution >= 4 is 19.3 Å². The van der Waals surface area contributed by atoms with Gasteiger partial charge in [-0.3, -0.25) is 0 Å². The first-order valence-corrected chi connectivity index (χ1v) is 7.17. The van der Waals surface area contributed by atoms with Crippen LogP contribution in [0.2, 0.25) is 0 Å². The first-order valence-electron chi connectivity index (χ1n) is 6.77. The van der Waals surface area contributed by atoms with Gasteiger partial charge in [-0.1, -0.05) is 0 Å². The summed E-state index contributed by atoms with van der Waals surface area (Å²) >= 11 is 5.64. The normalized spacial score (nSPS) is 12.2. The number of hydrogen-bond donors (Lipinski definition) is 0. The predicted octanol–water partition coefficient (Wildman–Crippen LogP) is 2.10. The van der Waals surface area contributed by atoms with Crippen LogP contribution >= 0.6 is 12.2 Å². The standard InChI is InChI=1S/C13H17BN6S/c1-13(2,3)17-10-11-18(12(17)21)14(19-8-4-6-15-19)20-9-5-7-16-20/h4-11H,1-3H3/q-1. The van der Waals surface area contributed by atoms with E-state index in [0.717, 1.165) is 4.77 Å². The quantitative estimate of drug-likeness (QED) is 0.549. The third-order valence-electron chi connectivity index (χ3n) is 3.30. The molecule has 0 amide bonds. The molecule has 0 saturated carbocycles. The Morgan fingerprint density at radius 3 is 1.90 bits per heavy atom. The Morgan fingerprint density at radius 1 is 0.952 bits per heavy atom. The Balaban J connectivity index is 2.15. The third-order valence-corrected chi connectivity index (χ3v) is 3.71. The molecule has 21 heavy (non-hydrogen) atoms.